The van der Waals surface area contributed by atoms with E-state index in [0.29, 0.717) is 18.1 Å². The summed E-state index contributed by atoms with van der Waals surface area (Å²) in [6, 6.07) is 16.7. The van der Waals surface area contributed by atoms with Gasteiger partial charge in [0.25, 0.3) is 0 Å². The second kappa shape index (κ2) is 5.24. The third-order valence-corrected chi connectivity index (χ3v) is 4.38. The van der Waals surface area contributed by atoms with E-state index in [1.54, 1.807) is 0 Å². The van der Waals surface area contributed by atoms with Crippen LogP contribution >= 0.6 is 0 Å². The standard InChI is InChI=1S/C19H20O/c1-13-8-9-15(10-14(13)2)11-19(20)18-12-17(18)16-6-4-3-5-7-16/h3-10,17-18H,11-12H2,1-2H3. The van der Waals surface area contributed by atoms with Crippen LogP contribution in [0.4, 0.5) is 0 Å². The van der Waals surface area contributed by atoms with Crippen LogP contribution in [0.15, 0.2) is 48.5 Å². The topological polar surface area (TPSA) is 17.1 Å². The largest absolute Gasteiger partial charge is 0.299 e. The summed E-state index contributed by atoms with van der Waals surface area (Å²) in [6.45, 7) is 4.21. The van der Waals surface area contributed by atoms with E-state index >= 15 is 0 Å². The molecule has 2 aromatic carbocycles. The third-order valence-electron chi connectivity index (χ3n) is 4.38. The Morgan fingerprint density at radius 2 is 1.80 bits per heavy atom. The van der Waals surface area contributed by atoms with Gasteiger partial charge in [0.1, 0.15) is 5.78 Å². The number of carbonyl (C=O) groups is 1. The van der Waals surface area contributed by atoms with E-state index < -0.39 is 0 Å². The number of benzene rings is 2. The molecule has 1 aliphatic rings. The third kappa shape index (κ3) is 2.67. The molecule has 0 saturated heterocycles. The summed E-state index contributed by atoms with van der Waals surface area (Å²) < 4.78 is 0. The summed E-state index contributed by atoms with van der Waals surface area (Å²) >= 11 is 0. The lowest BCUT2D eigenvalue weighted by Gasteiger charge is -2.05. The van der Waals surface area contributed by atoms with Gasteiger partial charge in [0, 0.05) is 12.3 Å². The summed E-state index contributed by atoms with van der Waals surface area (Å²) in [6.07, 6.45) is 1.60. The van der Waals surface area contributed by atoms with Crippen molar-refractivity contribution in [2.45, 2.75) is 32.6 Å². The minimum Gasteiger partial charge on any atom is -0.299 e. The van der Waals surface area contributed by atoms with Crippen LogP contribution in [0.5, 0.6) is 0 Å². The quantitative estimate of drug-likeness (QED) is 0.808. The first-order valence-electron chi connectivity index (χ1n) is 7.29. The predicted molar refractivity (Wildman–Crippen MR) is 81.9 cm³/mol. The molecule has 20 heavy (non-hydrogen) atoms. The SMILES string of the molecule is Cc1ccc(CC(=O)C2CC2c2ccccc2)cc1C. The number of aryl methyl sites for hydroxylation is 2. The molecule has 3 rings (SSSR count). The second-order valence-corrected chi connectivity index (χ2v) is 5.92. The Labute approximate surface area is 120 Å². The molecule has 102 valence electrons. The lowest BCUT2D eigenvalue weighted by Crippen LogP contribution is -2.06. The molecule has 0 heterocycles. The van der Waals surface area contributed by atoms with Crippen molar-refractivity contribution in [1.29, 1.82) is 0 Å². The van der Waals surface area contributed by atoms with Gasteiger partial charge in [-0.15, -0.1) is 0 Å². The predicted octanol–water partition coefficient (Wildman–Crippen LogP) is 4.22. The van der Waals surface area contributed by atoms with Crippen molar-refractivity contribution in [1.82, 2.24) is 0 Å². The molecule has 2 unspecified atom stereocenters. The van der Waals surface area contributed by atoms with Crippen molar-refractivity contribution in [2.24, 2.45) is 5.92 Å². The molecule has 0 aromatic heterocycles. The van der Waals surface area contributed by atoms with E-state index in [9.17, 15) is 4.79 Å². The molecule has 1 aliphatic carbocycles. The molecule has 0 N–H and O–H groups in total. The van der Waals surface area contributed by atoms with Crippen molar-refractivity contribution in [2.75, 3.05) is 0 Å². The van der Waals surface area contributed by atoms with Crippen LogP contribution < -0.4 is 0 Å². The zero-order valence-electron chi connectivity index (χ0n) is 12.1. The van der Waals surface area contributed by atoms with E-state index in [4.69, 9.17) is 0 Å². The van der Waals surface area contributed by atoms with Crippen LogP contribution in [0.25, 0.3) is 0 Å². The van der Waals surface area contributed by atoms with E-state index in [-0.39, 0.29) is 5.92 Å². The van der Waals surface area contributed by atoms with E-state index in [2.05, 4.69) is 56.3 Å². The van der Waals surface area contributed by atoms with Crippen LogP contribution in [0.3, 0.4) is 0 Å². The molecule has 0 amide bonds. The maximum Gasteiger partial charge on any atom is 0.140 e. The number of ketones is 1. The number of Topliss-reactive ketones (excluding diaryl/α,β-unsaturated/α-hetero) is 1. The normalized spacial score (nSPS) is 20.7. The molecule has 2 aromatic rings. The fourth-order valence-corrected chi connectivity index (χ4v) is 2.87. The van der Waals surface area contributed by atoms with E-state index in [0.717, 1.165) is 12.0 Å². The molecule has 0 radical (unpaired) electrons. The smallest absolute Gasteiger partial charge is 0.140 e. The first-order chi connectivity index (χ1) is 9.65. The average molecular weight is 264 g/mol. The van der Waals surface area contributed by atoms with Crippen molar-refractivity contribution in [3.63, 3.8) is 0 Å². The van der Waals surface area contributed by atoms with E-state index in [1.807, 2.05) is 6.07 Å². The van der Waals surface area contributed by atoms with Gasteiger partial charge in [-0.25, -0.2) is 0 Å². The second-order valence-electron chi connectivity index (χ2n) is 5.92. The highest BCUT2D eigenvalue weighted by Crippen LogP contribution is 2.48. The highest BCUT2D eigenvalue weighted by molar-refractivity contribution is 5.87. The number of rotatable bonds is 4. The fourth-order valence-electron chi connectivity index (χ4n) is 2.87. The molecular weight excluding hydrogens is 244 g/mol. The maximum absolute atomic E-state index is 12.4. The van der Waals surface area contributed by atoms with Gasteiger partial charge < -0.3 is 0 Å². The van der Waals surface area contributed by atoms with Crippen LogP contribution in [0.2, 0.25) is 0 Å². The maximum atomic E-state index is 12.4. The minimum atomic E-state index is 0.235. The molecule has 1 heteroatoms. The molecule has 1 nitrogen and oxygen atoms in total. The first-order valence-corrected chi connectivity index (χ1v) is 7.29. The van der Waals surface area contributed by atoms with Crippen molar-refractivity contribution >= 4 is 5.78 Å². The van der Waals surface area contributed by atoms with Crippen molar-refractivity contribution < 1.29 is 4.79 Å². The Hall–Kier alpha value is -1.89. The molecule has 0 spiro atoms. The molecular formula is C19H20O. The summed E-state index contributed by atoms with van der Waals surface area (Å²) in [4.78, 5) is 12.4. The van der Waals surface area contributed by atoms with Gasteiger partial charge in [0.2, 0.25) is 0 Å². The van der Waals surface area contributed by atoms with Gasteiger partial charge in [0.15, 0.2) is 0 Å². The minimum absolute atomic E-state index is 0.235. The number of hydrogen-bond acceptors (Lipinski definition) is 1. The fraction of sp³-hybridized carbons (Fsp3) is 0.316. The first kappa shape index (κ1) is 13.1. The molecule has 1 saturated carbocycles. The summed E-state index contributed by atoms with van der Waals surface area (Å²) in [5.41, 5.74) is 5.02. The number of carbonyl (C=O) groups excluding carboxylic acids is 1. The van der Waals surface area contributed by atoms with Crippen LogP contribution in [0.1, 0.15) is 34.6 Å². The average Bonchev–Trinajstić information content (AvgIpc) is 3.24. The van der Waals surface area contributed by atoms with E-state index in [1.165, 1.54) is 16.7 Å². The Morgan fingerprint density at radius 3 is 2.50 bits per heavy atom. The van der Waals surface area contributed by atoms with Crippen LogP contribution in [-0.4, -0.2) is 5.78 Å². The lowest BCUT2D eigenvalue weighted by molar-refractivity contribution is -0.119. The molecule has 2 atom stereocenters. The van der Waals surface area contributed by atoms with Gasteiger partial charge >= 0.3 is 0 Å². The molecule has 0 bridgehead atoms. The lowest BCUT2D eigenvalue weighted by atomic mass is 9.99. The van der Waals surface area contributed by atoms with Crippen molar-refractivity contribution in [3.8, 4) is 0 Å². The Bertz CT molecular complexity index is 627. The van der Waals surface area contributed by atoms with Crippen LogP contribution in [0, 0.1) is 19.8 Å². The summed E-state index contributed by atoms with van der Waals surface area (Å²) in [5, 5.41) is 0. The van der Waals surface area contributed by atoms with Gasteiger partial charge in [0.05, 0.1) is 0 Å². The summed E-state index contributed by atoms with van der Waals surface area (Å²) in [5.74, 6) is 1.08. The van der Waals surface area contributed by atoms with Crippen LogP contribution in [-0.2, 0) is 11.2 Å². The highest BCUT2D eigenvalue weighted by Gasteiger charge is 2.43. The highest BCUT2D eigenvalue weighted by atomic mass is 16.1. The molecule has 1 fully saturated rings. The monoisotopic (exact) mass is 264 g/mol. The van der Waals surface area contributed by atoms with Gasteiger partial charge in [-0.1, -0.05) is 48.5 Å². The Morgan fingerprint density at radius 1 is 1.05 bits per heavy atom. The van der Waals surface area contributed by atoms with Gasteiger partial charge in [-0.05, 0) is 48.4 Å². The zero-order chi connectivity index (χ0) is 14.1. The Kier molecular flexibility index (Phi) is 3.43. The number of hydrogen-bond donors (Lipinski definition) is 0. The zero-order valence-corrected chi connectivity index (χ0v) is 12.1. The van der Waals surface area contributed by atoms with Crippen molar-refractivity contribution in [3.05, 3.63) is 70.8 Å². The van der Waals surface area contributed by atoms with Gasteiger partial charge in [-0.3, -0.25) is 4.79 Å². The molecule has 0 aliphatic heterocycles. The Balaban J connectivity index is 1.65. The van der Waals surface area contributed by atoms with Gasteiger partial charge in [-0.2, -0.15) is 0 Å². The summed E-state index contributed by atoms with van der Waals surface area (Å²) in [7, 11) is 0.